The first kappa shape index (κ1) is 15.7. The van der Waals surface area contributed by atoms with Crippen molar-refractivity contribution in [2.24, 2.45) is 0 Å². The van der Waals surface area contributed by atoms with E-state index in [0.717, 1.165) is 10.5 Å². The number of hydrogen-bond donors (Lipinski definition) is 2. The standard InChI is InChI=1S/C15H18FN3OS/c1-9(2)17-8-11-7-12(16)4-5-13(11)21-15-18-10(3)6-14(20)19-15/h4-7,9,17H,8H2,1-3H3,(H,18,19,20). The van der Waals surface area contributed by atoms with Gasteiger partial charge < -0.3 is 10.3 Å². The molecule has 112 valence electrons. The number of halogens is 1. The molecule has 0 unspecified atom stereocenters. The van der Waals surface area contributed by atoms with Gasteiger partial charge in [-0.2, -0.15) is 0 Å². The molecule has 0 bridgehead atoms. The maximum atomic E-state index is 13.4. The molecule has 0 aliphatic rings. The Morgan fingerprint density at radius 1 is 1.38 bits per heavy atom. The van der Waals surface area contributed by atoms with Gasteiger partial charge in [0.25, 0.3) is 5.56 Å². The number of benzene rings is 1. The second kappa shape index (κ2) is 6.87. The molecule has 1 aromatic carbocycles. The summed E-state index contributed by atoms with van der Waals surface area (Å²) in [6.07, 6.45) is 0. The van der Waals surface area contributed by atoms with Crippen LogP contribution < -0.4 is 10.9 Å². The Morgan fingerprint density at radius 2 is 2.14 bits per heavy atom. The fourth-order valence-corrected chi connectivity index (χ4v) is 2.75. The van der Waals surface area contributed by atoms with E-state index in [0.29, 0.717) is 23.4 Å². The lowest BCUT2D eigenvalue weighted by atomic mass is 10.2. The molecule has 4 nitrogen and oxygen atoms in total. The maximum Gasteiger partial charge on any atom is 0.251 e. The van der Waals surface area contributed by atoms with E-state index in [2.05, 4.69) is 15.3 Å². The summed E-state index contributed by atoms with van der Waals surface area (Å²) < 4.78 is 13.4. The van der Waals surface area contributed by atoms with Crippen LogP contribution >= 0.6 is 11.8 Å². The first-order valence-electron chi connectivity index (χ1n) is 6.71. The van der Waals surface area contributed by atoms with Gasteiger partial charge in [0, 0.05) is 29.2 Å². The first-order valence-corrected chi connectivity index (χ1v) is 7.53. The zero-order valence-electron chi connectivity index (χ0n) is 12.2. The maximum absolute atomic E-state index is 13.4. The van der Waals surface area contributed by atoms with E-state index in [9.17, 15) is 9.18 Å². The molecule has 1 heterocycles. The fourth-order valence-electron chi connectivity index (χ4n) is 1.80. The molecule has 0 aliphatic heterocycles. The molecular formula is C15H18FN3OS. The zero-order valence-corrected chi connectivity index (χ0v) is 13.1. The monoisotopic (exact) mass is 307 g/mol. The summed E-state index contributed by atoms with van der Waals surface area (Å²) in [4.78, 5) is 19.3. The lowest BCUT2D eigenvalue weighted by molar-refractivity contribution is 0.576. The molecule has 0 amide bonds. The van der Waals surface area contributed by atoms with E-state index in [-0.39, 0.29) is 11.4 Å². The minimum Gasteiger partial charge on any atom is -0.310 e. The second-order valence-electron chi connectivity index (χ2n) is 5.08. The average molecular weight is 307 g/mol. The van der Waals surface area contributed by atoms with Gasteiger partial charge >= 0.3 is 0 Å². The van der Waals surface area contributed by atoms with Crippen LogP contribution in [0.15, 0.2) is 39.1 Å². The van der Waals surface area contributed by atoms with Gasteiger partial charge in [-0.05, 0) is 30.7 Å². The number of H-pyrrole nitrogens is 1. The molecule has 1 aromatic heterocycles. The molecule has 0 fully saturated rings. The molecule has 2 aromatic rings. The van der Waals surface area contributed by atoms with Gasteiger partial charge in [-0.1, -0.05) is 25.6 Å². The number of nitrogens with one attached hydrogen (secondary N) is 2. The van der Waals surface area contributed by atoms with Gasteiger partial charge in [0.05, 0.1) is 0 Å². The van der Waals surface area contributed by atoms with E-state index < -0.39 is 0 Å². The lowest BCUT2D eigenvalue weighted by Crippen LogP contribution is -2.22. The number of aryl methyl sites for hydroxylation is 1. The highest BCUT2D eigenvalue weighted by Gasteiger charge is 2.09. The van der Waals surface area contributed by atoms with Crippen LogP contribution in [0.2, 0.25) is 0 Å². The van der Waals surface area contributed by atoms with E-state index in [1.54, 1.807) is 13.0 Å². The van der Waals surface area contributed by atoms with Crippen molar-refractivity contribution in [3.8, 4) is 0 Å². The third-order valence-electron chi connectivity index (χ3n) is 2.78. The lowest BCUT2D eigenvalue weighted by Gasteiger charge is -2.12. The van der Waals surface area contributed by atoms with E-state index >= 15 is 0 Å². The summed E-state index contributed by atoms with van der Waals surface area (Å²) in [5.74, 6) is -0.273. The number of aromatic nitrogens is 2. The van der Waals surface area contributed by atoms with Gasteiger partial charge in [0.1, 0.15) is 5.82 Å². The summed E-state index contributed by atoms with van der Waals surface area (Å²) in [6.45, 7) is 6.40. The Bertz CT molecular complexity index is 685. The summed E-state index contributed by atoms with van der Waals surface area (Å²) in [6, 6.07) is 6.37. The normalized spacial score (nSPS) is 11.1. The van der Waals surface area contributed by atoms with Crippen molar-refractivity contribution in [2.45, 2.75) is 43.4 Å². The van der Waals surface area contributed by atoms with Crippen molar-refractivity contribution in [1.29, 1.82) is 0 Å². The average Bonchev–Trinajstić information content (AvgIpc) is 2.37. The predicted octanol–water partition coefficient (Wildman–Crippen LogP) is 2.87. The van der Waals surface area contributed by atoms with Crippen molar-refractivity contribution in [3.05, 3.63) is 51.7 Å². The minimum absolute atomic E-state index is 0.186. The van der Waals surface area contributed by atoms with Crippen molar-refractivity contribution < 1.29 is 4.39 Å². The first-order chi connectivity index (χ1) is 9.94. The summed E-state index contributed by atoms with van der Waals surface area (Å²) in [5, 5.41) is 3.78. The SMILES string of the molecule is Cc1cc(=O)[nH]c(Sc2ccc(F)cc2CNC(C)C)n1. The molecule has 2 N–H and O–H groups in total. The van der Waals surface area contributed by atoms with Crippen LogP contribution in [-0.2, 0) is 6.54 Å². The highest BCUT2D eigenvalue weighted by atomic mass is 32.2. The highest BCUT2D eigenvalue weighted by molar-refractivity contribution is 7.99. The molecule has 0 saturated carbocycles. The van der Waals surface area contributed by atoms with Crippen molar-refractivity contribution in [3.63, 3.8) is 0 Å². The predicted molar refractivity (Wildman–Crippen MR) is 82.1 cm³/mol. The Labute approximate surface area is 127 Å². The number of aromatic amines is 1. The van der Waals surface area contributed by atoms with Gasteiger partial charge in [-0.15, -0.1) is 0 Å². The van der Waals surface area contributed by atoms with E-state index in [4.69, 9.17) is 0 Å². The van der Waals surface area contributed by atoms with Crippen LogP contribution in [0.4, 0.5) is 4.39 Å². The Morgan fingerprint density at radius 3 is 2.81 bits per heavy atom. The summed E-state index contributed by atoms with van der Waals surface area (Å²) >= 11 is 1.33. The quantitative estimate of drug-likeness (QED) is 0.834. The van der Waals surface area contributed by atoms with Crippen molar-refractivity contribution in [1.82, 2.24) is 15.3 Å². The van der Waals surface area contributed by atoms with Crippen LogP contribution in [0.3, 0.4) is 0 Å². The molecular weight excluding hydrogens is 289 g/mol. The topological polar surface area (TPSA) is 57.8 Å². The van der Waals surface area contributed by atoms with Crippen LogP contribution in [0.5, 0.6) is 0 Å². The Kier molecular flexibility index (Phi) is 5.14. The fraction of sp³-hybridized carbons (Fsp3) is 0.333. The molecule has 2 rings (SSSR count). The zero-order chi connectivity index (χ0) is 15.4. The van der Waals surface area contributed by atoms with Crippen molar-refractivity contribution >= 4 is 11.8 Å². The molecule has 0 aliphatic carbocycles. The third kappa shape index (κ3) is 4.68. The van der Waals surface area contributed by atoms with Crippen LogP contribution in [-0.4, -0.2) is 16.0 Å². The van der Waals surface area contributed by atoms with Gasteiger partial charge in [-0.3, -0.25) is 4.79 Å². The number of rotatable bonds is 5. The third-order valence-corrected chi connectivity index (χ3v) is 3.78. The van der Waals surface area contributed by atoms with E-state index in [1.165, 1.54) is 30.0 Å². The summed E-state index contributed by atoms with van der Waals surface area (Å²) in [5.41, 5.74) is 1.32. The van der Waals surface area contributed by atoms with Crippen LogP contribution in [0.1, 0.15) is 25.1 Å². The Balaban J connectivity index is 2.28. The number of hydrogen-bond acceptors (Lipinski definition) is 4. The van der Waals surface area contributed by atoms with Crippen molar-refractivity contribution in [2.75, 3.05) is 0 Å². The van der Waals surface area contributed by atoms with Crippen LogP contribution in [0.25, 0.3) is 0 Å². The second-order valence-corrected chi connectivity index (χ2v) is 6.11. The summed E-state index contributed by atoms with van der Waals surface area (Å²) in [7, 11) is 0. The molecule has 6 heteroatoms. The Hall–Kier alpha value is -1.66. The molecule has 0 radical (unpaired) electrons. The largest absolute Gasteiger partial charge is 0.310 e. The minimum atomic E-state index is -0.273. The molecule has 21 heavy (non-hydrogen) atoms. The van der Waals surface area contributed by atoms with Gasteiger partial charge in [-0.25, -0.2) is 9.37 Å². The van der Waals surface area contributed by atoms with E-state index in [1.807, 2.05) is 13.8 Å². The smallest absolute Gasteiger partial charge is 0.251 e. The van der Waals surface area contributed by atoms with Crippen LogP contribution in [0, 0.1) is 12.7 Å². The molecule has 0 spiro atoms. The van der Waals surface area contributed by atoms with Gasteiger partial charge in [0.15, 0.2) is 5.16 Å². The molecule has 0 saturated heterocycles. The van der Waals surface area contributed by atoms with Gasteiger partial charge in [0.2, 0.25) is 0 Å². The number of nitrogens with zero attached hydrogens (tertiary/aromatic N) is 1. The molecule has 0 atom stereocenters. The highest BCUT2D eigenvalue weighted by Crippen LogP contribution is 2.28.